The minimum Gasteiger partial charge on any atom is -0.331 e. The topological polar surface area (TPSA) is 75.0 Å². The first kappa shape index (κ1) is 20.1. The number of aromatic nitrogens is 2. The fraction of sp³-hybridized carbons (Fsp3) is 0.556. The minimum atomic E-state index is -5.26. The molecule has 2 aromatic rings. The van der Waals surface area contributed by atoms with Gasteiger partial charge in [-0.05, 0) is 49.8 Å². The number of halogens is 3. The molecule has 158 valence electrons. The Kier molecular flexibility index (Phi) is 4.85. The van der Waals surface area contributed by atoms with Crippen molar-refractivity contribution < 1.29 is 26.4 Å². The first-order valence-corrected chi connectivity index (χ1v) is 10.8. The number of amides is 1. The number of carbonyl (C=O) groups excluding carboxylic acids is 1. The third kappa shape index (κ3) is 3.50. The third-order valence-corrected chi connectivity index (χ3v) is 7.33. The van der Waals surface area contributed by atoms with E-state index in [0.29, 0.717) is 42.4 Å². The number of sulfonamides is 1. The number of nitrogens with zero attached hydrogens (tertiary/aromatic N) is 4. The molecular weight excluding hydrogens is 409 g/mol. The van der Waals surface area contributed by atoms with Gasteiger partial charge in [-0.15, -0.1) is 0 Å². The van der Waals surface area contributed by atoms with Crippen LogP contribution in [-0.4, -0.2) is 58.1 Å². The number of alkyl halides is 3. The van der Waals surface area contributed by atoms with Crippen LogP contribution in [0.25, 0.3) is 5.65 Å². The lowest BCUT2D eigenvalue weighted by molar-refractivity contribution is -0.0497. The Morgan fingerprint density at radius 3 is 2.55 bits per heavy atom. The molecule has 0 aliphatic carbocycles. The molecule has 0 atom stereocenters. The van der Waals surface area contributed by atoms with E-state index >= 15 is 0 Å². The molecular formula is C18H21F3N4O3S. The number of pyridine rings is 1. The van der Waals surface area contributed by atoms with Crippen LogP contribution in [0.1, 0.15) is 41.0 Å². The molecule has 0 aromatic carbocycles. The summed E-state index contributed by atoms with van der Waals surface area (Å²) in [6.45, 7) is 2.59. The number of imidazole rings is 1. The second kappa shape index (κ2) is 6.98. The van der Waals surface area contributed by atoms with Crippen LogP contribution >= 0.6 is 0 Å². The SMILES string of the molecule is Cc1cc2n3c(cnc3c1)C(=O)N(CCC1CCN(S(=O)(=O)C(F)(F)F)CC1)C2. The Hall–Kier alpha value is -2.14. The molecule has 1 saturated heterocycles. The largest absolute Gasteiger partial charge is 0.511 e. The number of hydrogen-bond donors (Lipinski definition) is 0. The van der Waals surface area contributed by atoms with E-state index in [4.69, 9.17) is 0 Å². The smallest absolute Gasteiger partial charge is 0.331 e. The van der Waals surface area contributed by atoms with Crippen LogP contribution in [0.4, 0.5) is 13.2 Å². The molecule has 2 aliphatic rings. The summed E-state index contributed by atoms with van der Waals surface area (Å²) in [6, 6.07) is 3.93. The number of carbonyl (C=O) groups is 1. The molecule has 7 nitrogen and oxygen atoms in total. The van der Waals surface area contributed by atoms with Crippen LogP contribution in [0.15, 0.2) is 18.3 Å². The zero-order valence-corrected chi connectivity index (χ0v) is 16.6. The van der Waals surface area contributed by atoms with Gasteiger partial charge in [0.25, 0.3) is 5.91 Å². The van der Waals surface area contributed by atoms with Crippen LogP contribution in [0, 0.1) is 12.8 Å². The summed E-state index contributed by atoms with van der Waals surface area (Å²) in [6.07, 6.45) is 2.88. The average Bonchev–Trinajstić information content (AvgIpc) is 3.07. The monoisotopic (exact) mass is 430 g/mol. The molecule has 0 N–H and O–H groups in total. The van der Waals surface area contributed by atoms with Gasteiger partial charge in [-0.25, -0.2) is 13.4 Å². The van der Waals surface area contributed by atoms with Gasteiger partial charge in [0.15, 0.2) is 0 Å². The van der Waals surface area contributed by atoms with Crippen molar-refractivity contribution in [1.29, 1.82) is 0 Å². The molecule has 29 heavy (non-hydrogen) atoms. The highest BCUT2D eigenvalue weighted by atomic mass is 32.2. The van der Waals surface area contributed by atoms with Crippen molar-refractivity contribution in [1.82, 2.24) is 18.6 Å². The predicted octanol–water partition coefficient (Wildman–Crippen LogP) is 2.55. The van der Waals surface area contributed by atoms with Gasteiger partial charge in [-0.1, -0.05) is 0 Å². The van der Waals surface area contributed by atoms with Gasteiger partial charge in [0, 0.05) is 25.3 Å². The van der Waals surface area contributed by atoms with E-state index in [0.717, 1.165) is 16.9 Å². The molecule has 2 aliphatic heterocycles. The van der Waals surface area contributed by atoms with Crippen molar-refractivity contribution in [3.05, 3.63) is 35.3 Å². The lowest BCUT2D eigenvalue weighted by Gasteiger charge is -2.33. The standard InChI is InChI=1S/C18H21F3N4O3S/c1-12-8-14-11-23(17(26)15-10-22-16(9-12)25(14)15)5-2-13-3-6-24(7-4-13)29(27,28)18(19,20)21/h8-10,13H,2-7,11H2,1H3. The van der Waals surface area contributed by atoms with Crippen molar-refractivity contribution >= 4 is 21.6 Å². The molecule has 4 rings (SSSR count). The molecule has 4 heterocycles. The van der Waals surface area contributed by atoms with E-state index in [2.05, 4.69) is 4.98 Å². The van der Waals surface area contributed by atoms with Crippen LogP contribution in [0.5, 0.6) is 0 Å². The molecule has 0 spiro atoms. The molecule has 1 amide bonds. The van der Waals surface area contributed by atoms with Gasteiger partial charge < -0.3 is 4.90 Å². The number of aryl methyl sites for hydroxylation is 1. The van der Waals surface area contributed by atoms with Crippen LogP contribution < -0.4 is 0 Å². The summed E-state index contributed by atoms with van der Waals surface area (Å²) >= 11 is 0. The minimum absolute atomic E-state index is 0.0758. The quantitative estimate of drug-likeness (QED) is 0.747. The zero-order valence-electron chi connectivity index (χ0n) is 15.8. The van der Waals surface area contributed by atoms with Gasteiger partial charge in [-0.3, -0.25) is 9.20 Å². The van der Waals surface area contributed by atoms with E-state index in [9.17, 15) is 26.4 Å². The van der Waals surface area contributed by atoms with Gasteiger partial charge in [0.05, 0.1) is 12.7 Å². The van der Waals surface area contributed by atoms with Crippen molar-refractivity contribution in [3.63, 3.8) is 0 Å². The summed E-state index contributed by atoms with van der Waals surface area (Å²) in [4.78, 5) is 18.8. The van der Waals surface area contributed by atoms with Gasteiger partial charge in [0.2, 0.25) is 0 Å². The summed E-state index contributed by atoms with van der Waals surface area (Å²) in [5.74, 6) is -0.0437. The maximum Gasteiger partial charge on any atom is 0.511 e. The highest BCUT2D eigenvalue weighted by molar-refractivity contribution is 7.90. The van der Waals surface area contributed by atoms with Gasteiger partial charge >= 0.3 is 15.5 Å². The van der Waals surface area contributed by atoms with E-state index in [1.807, 2.05) is 23.5 Å². The second-order valence-electron chi connectivity index (χ2n) is 7.67. The number of rotatable bonds is 4. The maximum absolute atomic E-state index is 12.8. The highest BCUT2D eigenvalue weighted by Gasteiger charge is 2.50. The molecule has 0 radical (unpaired) electrons. The second-order valence-corrected chi connectivity index (χ2v) is 9.60. The molecule has 0 saturated carbocycles. The molecule has 2 aromatic heterocycles. The lowest BCUT2D eigenvalue weighted by atomic mass is 9.94. The first-order chi connectivity index (χ1) is 13.6. The summed E-state index contributed by atoms with van der Waals surface area (Å²) in [7, 11) is -5.26. The van der Waals surface area contributed by atoms with Gasteiger partial charge in [0.1, 0.15) is 11.3 Å². The van der Waals surface area contributed by atoms with E-state index in [1.165, 1.54) is 0 Å². The van der Waals surface area contributed by atoms with Gasteiger partial charge in [-0.2, -0.15) is 17.5 Å². The summed E-state index contributed by atoms with van der Waals surface area (Å²) in [5, 5.41) is 0. The Morgan fingerprint density at radius 1 is 1.21 bits per heavy atom. The third-order valence-electron chi connectivity index (χ3n) is 5.70. The van der Waals surface area contributed by atoms with Crippen LogP contribution in [0.2, 0.25) is 0 Å². The fourth-order valence-corrected chi connectivity index (χ4v) is 5.13. The first-order valence-electron chi connectivity index (χ1n) is 9.40. The van der Waals surface area contributed by atoms with Crippen LogP contribution in [-0.2, 0) is 16.6 Å². The Morgan fingerprint density at radius 2 is 1.90 bits per heavy atom. The number of hydrogen-bond acceptors (Lipinski definition) is 4. The van der Waals surface area contributed by atoms with Crippen molar-refractivity contribution in [2.75, 3.05) is 19.6 Å². The van der Waals surface area contributed by atoms with E-state index in [-0.39, 0.29) is 24.9 Å². The zero-order chi connectivity index (χ0) is 21.0. The van der Waals surface area contributed by atoms with Crippen LogP contribution in [0.3, 0.4) is 0 Å². The molecule has 11 heteroatoms. The Bertz CT molecular complexity index is 1060. The normalized spacial score (nSPS) is 19.3. The maximum atomic E-state index is 12.8. The highest BCUT2D eigenvalue weighted by Crippen LogP contribution is 2.31. The predicted molar refractivity (Wildman–Crippen MR) is 98.6 cm³/mol. The summed E-state index contributed by atoms with van der Waals surface area (Å²) in [5.41, 5.74) is -1.99. The number of piperidine rings is 1. The van der Waals surface area contributed by atoms with Crippen molar-refractivity contribution in [3.8, 4) is 0 Å². The van der Waals surface area contributed by atoms with Crippen molar-refractivity contribution in [2.45, 2.75) is 38.2 Å². The average molecular weight is 430 g/mol. The van der Waals surface area contributed by atoms with E-state index < -0.39 is 15.5 Å². The fourth-order valence-electron chi connectivity index (χ4n) is 4.14. The van der Waals surface area contributed by atoms with E-state index in [1.54, 1.807) is 11.1 Å². The molecule has 0 unspecified atom stereocenters. The molecule has 0 bridgehead atoms. The Balaban J connectivity index is 1.38. The molecule has 1 fully saturated rings. The lowest BCUT2D eigenvalue weighted by Crippen LogP contribution is -2.45. The Labute approximate surface area is 166 Å². The summed E-state index contributed by atoms with van der Waals surface area (Å²) < 4.78 is 63.4. The van der Waals surface area contributed by atoms with Crippen molar-refractivity contribution in [2.24, 2.45) is 5.92 Å².